The van der Waals surface area contributed by atoms with Crippen molar-refractivity contribution in [3.8, 4) is 5.75 Å². The fourth-order valence-corrected chi connectivity index (χ4v) is 5.20. The summed E-state index contributed by atoms with van der Waals surface area (Å²) < 4.78 is 5.28. The summed E-state index contributed by atoms with van der Waals surface area (Å²) in [7, 11) is 1.58. The van der Waals surface area contributed by atoms with Gasteiger partial charge in [-0.15, -0.1) is 0 Å². The number of carbonyl (C=O) groups is 2. The molecule has 6 nitrogen and oxygen atoms in total. The van der Waals surface area contributed by atoms with Gasteiger partial charge < -0.3 is 14.7 Å². The Kier molecular flexibility index (Phi) is 6.51. The molecule has 1 atom stereocenters. The number of benzene rings is 3. The minimum absolute atomic E-state index is 0.0829. The van der Waals surface area contributed by atoms with Gasteiger partial charge in [0.25, 0.3) is 11.7 Å². The highest BCUT2D eigenvalue weighted by molar-refractivity contribution is 6.51. The highest BCUT2D eigenvalue weighted by atomic mass is 16.5. The second-order valence-corrected chi connectivity index (χ2v) is 9.32. The summed E-state index contributed by atoms with van der Waals surface area (Å²) in [5, 5.41) is 11.4. The third-order valence-electron chi connectivity index (χ3n) is 7.10. The Labute approximate surface area is 211 Å². The number of methoxy groups -OCH3 is 1. The summed E-state index contributed by atoms with van der Waals surface area (Å²) in [5.74, 6) is -0.883. The van der Waals surface area contributed by atoms with E-state index in [0.29, 0.717) is 17.0 Å². The van der Waals surface area contributed by atoms with Crippen LogP contribution in [0.3, 0.4) is 0 Å². The van der Waals surface area contributed by atoms with Gasteiger partial charge in [0.05, 0.1) is 18.7 Å². The van der Waals surface area contributed by atoms with E-state index in [1.807, 2.05) is 61.5 Å². The van der Waals surface area contributed by atoms with Gasteiger partial charge in [0.1, 0.15) is 11.5 Å². The standard InChI is InChI=1S/C30H30N2O4/c1-20-19-24(36-2)15-16-25(20)28(33)26-27(21-9-5-3-6-10-21)32(30(35)29(26)34)23-13-11-22(12-14-23)31-17-7-4-8-18-31/h3,5-6,9-16,19,27,33H,4,7-8,17-18H2,1-2H3/b28-26-. The first-order chi connectivity index (χ1) is 17.5. The van der Waals surface area contributed by atoms with Gasteiger partial charge >= 0.3 is 0 Å². The van der Waals surface area contributed by atoms with E-state index in [0.717, 1.165) is 29.9 Å². The molecule has 0 radical (unpaired) electrons. The summed E-state index contributed by atoms with van der Waals surface area (Å²) in [5.41, 5.74) is 3.81. The quantitative estimate of drug-likeness (QED) is 0.290. The molecule has 2 heterocycles. The lowest BCUT2D eigenvalue weighted by Gasteiger charge is -2.30. The number of ketones is 1. The minimum Gasteiger partial charge on any atom is -0.507 e. The molecule has 0 saturated carbocycles. The molecule has 0 aromatic heterocycles. The van der Waals surface area contributed by atoms with Crippen LogP contribution in [0.4, 0.5) is 11.4 Å². The normalized spacial score (nSPS) is 19.6. The Balaban J connectivity index is 1.60. The molecule has 2 aliphatic rings. The summed E-state index contributed by atoms with van der Waals surface area (Å²) in [6, 6.07) is 21.7. The molecule has 0 spiro atoms. The number of rotatable bonds is 5. The molecular weight excluding hydrogens is 452 g/mol. The molecule has 0 bridgehead atoms. The molecule has 2 saturated heterocycles. The van der Waals surface area contributed by atoms with Crippen molar-refractivity contribution >= 4 is 28.8 Å². The van der Waals surface area contributed by atoms with Gasteiger partial charge in [-0.05, 0) is 79.8 Å². The molecule has 5 rings (SSSR count). The van der Waals surface area contributed by atoms with Crippen molar-refractivity contribution in [2.75, 3.05) is 30.0 Å². The van der Waals surface area contributed by atoms with Crippen LogP contribution < -0.4 is 14.5 Å². The predicted octanol–water partition coefficient (Wildman–Crippen LogP) is 5.62. The molecule has 3 aromatic carbocycles. The summed E-state index contributed by atoms with van der Waals surface area (Å²) >= 11 is 0. The molecule has 2 aliphatic heterocycles. The lowest BCUT2D eigenvalue weighted by molar-refractivity contribution is -0.132. The third kappa shape index (κ3) is 4.24. The van der Waals surface area contributed by atoms with Gasteiger partial charge in [-0.2, -0.15) is 0 Å². The second-order valence-electron chi connectivity index (χ2n) is 9.32. The van der Waals surface area contributed by atoms with Gasteiger partial charge in [-0.1, -0.05) is 30.3 Å². The molecular formula is C30H30N2O4. The molecule has 6 heteroatoms. The van der Waals surface area contributed by atoms with E-state index < -0.39 is 17.7 Å². The Morgan fingerprint density at radius 2 is 1.56 bits per heavy atom. The smallest absolute Gasteiger partial charge is 0.300 e. The van der Waals surface area contributed by atoms with Crippen molar-refractivity contribution in [1.29, 1.82) is 0 Å². The molecule has 2 fully saturated rings. The molecule has 0 aliphatic carbocycles. The molecule has 1 N–H and O–H groups in total. The van der Waals surface area contributed by atoms with Gasteiger partial charge in [0, 0.05) is 30.0 Å². The number of ether oxygens (including phenoxy) is 1. The van der Waals surface area contributed by atoms with Crippen molar-refractivity contribution in [2.24, 2.45) is 0 Å². The highest BCUT2D eigenvalue weighted by Crippen LogP contribution is 2.43. The van der Waals surface area contributed by atoms with Gasteiger partial charge in [-0.3, -0.25) is 14.5 Å². The molecule has 1 unspecified atom stereocenters. The number of aryl methyl sites for hydroxylation is 1. The fourth-order valence-electron chi connectivity index (χ4n) is 5.20. The number of anilines is 2. The number of nitrogens with zero attached hydrogens (tertiary/aromatic N) is 2. The van der Waals surface area contributed by atoms with E-state index in [2.05, 4.69) is 4.90 Å². The van der Waals surface area contributed by atoms with Crippen LogP contribution in [0, 0.1) is 6.92 Å². The minimum atomic E-state index is -0.742. The van der Waals surface area contributed by atoms with Crippen molar-refractivity contribution < 1.29 is 19.4 Å². The van der Waals surface area contributed by atoms with E-state index in [1.165, 1.54) is 24.2 Å². The van der Waals surface area contributed by atoms with Crippen LogP contribution in [0.15, 0.2) is 78.4 Å². The first-order valence-electron chi connectivity index (χ1n) is 12.4. The zero-order valence-corrected chi connectivity index (χ0v) is 20.6. The number of piperidine rings is 1. The second kappa shape index (κ2) is 9.90. The molecule has 184 valence electrons. The van der Waals surface area contributed by atoms with Crippen molar-refractivity contribution in [3.63, 3.8) is 0 Å². The first-order valence-corrected chi connectivity index (χ1v) is 12.4. The van der Waals surface area contributed by atoms with Crippen LogP contribution in [0.5, 0.6) is 5.75 Å². The van der Waals surface area contributed by atoms with E-state index in [9.17, 15) is 14.7 Å². The highest BCUT2D eigenvalue weighted by Gasteiger charge is 2.47. The summed E-state index contributed by atoms with van der Waals surface area (Å²) in [6.07, 6.45) is 3.61. The van der Waals surface area contributed by atoms with E-state index in [-0.39, 0.29) is 11.3 Å². The zero-order valence-electron chi connectivity index (χ0n) is 20.6. The average Bonchev–Trinajstić information content (AvgIpc) is 3.19. The van der Waals surface area contributed by atoms with Crippen LogP contribution in [-0.4, -0.2) is 37.0 Å². The number of aliphatic hydroxyl groups excluding tert-OH is 1. The number of Topliss-reactive ketones (excluding diaryl/α,β-unsaturated/α-hetero) is 1. The van der Waals surface area contributed by atoms with Gasteiger partial charge in [0.15, 0.2) is 0 Å². The zero-order chi connectivity index (χ0) is 25.2. The van der Waals surface area contributed by atoms with E-state index in [1.54, 1.807) is 25.3 Å². The number of amides is 1. The maximum atomic E-state index is 13.4. The molecule has 3 aromatic rings. The van der Waals surface area contributed by atoms with Gasteiger partial charge in [-0.25, -0.2) is 0 Å². The summed E-state index contributed by atoms with van der Waals surface area (Å²) in [4.78, 5) is 30.7. The summed E-state index contributed by atoms with van der Waals surface area (Å²) in [6.45, 7) is 3.88. The number of hydrogen-bond donors (Lipinski definition) is 1. The van der Waals surface area contributed by atoms with E-state index >= 15 is 0 Å². The Bertz CT molecular complexity index is 1310. The number of carbonyl (C=O) groups excluding carboxylic acids is 2. The Morgan fingerprint density at radius 3 is 2.19 bits per heavy atom. The maximum absolute atomic E-state index is 13.4. The maximum Gasteiger partial charge on any atom is 0.300 e. The number of hydrogen-bond acceptors (Lipinski definition) is 5. The van der Waals surface area contributed by atoms with Crippen LogP contribution >= 0.6 is 0 Å². The predicted molar refractivity (Wildman–Crippen MR) is 141 cm³/mol. The lowest BCUT2D eigenvalue weighted by Crippen LogP contribution is -2.30. The van der Waals surface area contributed by atoms with Crippen LogP contribution in [0.1, 0.15) is 42.0 Å². The monoisotopic (exact) mass is 482 g/mol. The fraction of sp³-hybridized carbons (Fsp3) is 0.267. The van der Waals surface area contributed by atoms with Crippen LogP contribution in [0.2, 0.25) is 0 Å². The largest absolute Gasteiger partial charge is 0.507 e. The van der Waals surface area contributed by atoms with Crippen LogP contribution in [0.25, 0.3) is 5.76 Å². The molecule has 36 heavy (non-hydrogen) atoms. The van der Waals surface area contributed by atoms with Crippen molar-refractivity contribution in [1.82, 2.24) is 0 Å². The molecule has 1 amide bonds. The van der Waals surface area contributed by atoms with Gasteiger partial charge in [0.2, 0.25) is 0 Å². The average molecular weight is 483 g/mol. The lowest BCUT2D eigenvalue weighted by atomic mass is 9.93. The Morgan fingerprint density at radius 1 is 0.889 bits per heavy atom. The van der Waals surface area contributed by atoms with E-state index in [4.69, 9.17) is 4.74 Å². The first kappa shape index (κ1) is 23.7. The van der Waals surface area contributed by atoms with Crippen LogP contribution in [-0.2, 0) is 9.59 Å². The SMILES string of the molecule is COc1ccc(/C(O)=C2/C(=O)C(=O)N(c3ccc(N4CCCCC4)cc3)C2c2ccccc2)c(C)c1. The number of aliphatic hydroxyl groups is 1. The topological polar surface area (TPSA) is 70.1 Å². The Hall–Kier alpha value is -4.06. The third-order valence-corrected chi connectivity index (χ3v) is 7.10. The van der Waals surface area contributed by atoms with Crippen molar-refractivity contribution in [2.45, 2.75) is 32.2 Å². The van der Waals surface area contributed by atoms with Crippen molar-refractivity contribution in [3.05, 3.63) is 95.1 Å².